The highest BCUT2D eigenvalue weighted by atomic mass is 35.5. The Kier molecular flexibility index (Phi) is 8.53. The van der Waals surface area contributed by atoms with Gasteiger partial charge in [-0.05, 0) is 49.9 Å². The van der Waals surface area contributed by atoms with Crippen LogP contribution in [0.25, 0.3) is 5.57 Å². The summed E-state index contributed by atoms with van der Waals surface area (Å²) in [5.74, 6) is -2.26. The van der Waals surface area contributed by atoms with E-state index in [0.717, 1.165) is 29.0 Å². The average Bonchev–Trinajstić information content (AvgIpc) is 2.67. The molecule has 0 aromatic heterocycles. The summed E-state index contributed by atoms with van der Waals surface area (Å²) in [6.07, 6.45) is 4.31. The lowest BCUT2D eigenvalue weighted by Gasteiger charge is -2.23. The van der Waals surface area contributed by atoms with Gasteiger partial charge in [-0.3, -0.25) is 0 Å². The number of phenolic OH excluding ortho intramolecular Hbond substituents is 1. The molecule has 0 bridgehead atoms. The number of aliphatic carboxylic acids is 2. The summed E-state index contributed by atoms with van der Waals surface area (Å²) >= 11 is 7.76. The monoisotopic (exact) mass is 447 g/mol. The summed E-state index contributed by atoms with van der Waals surface area (Å²) < 4.78 is 0. The molecule has 1 aliphatic rings. The number of rotatable bonds is 5. The molecule has 0 atom stereocenters. The van der Waals surface area contributed by atoms with Crippen molar-refractivity contribution in [3.8, 4) is 5.75 Å². The third-order valence-electron chi connectivity index (χ3n) is 4.01. The van der Waals surface area contributed by atoms with Gasteiger partial charge in [0.2, 0.25) is 0 Å². The van der Waals surface area contributed by atoms with E-state index in [-0.39, 0.29) is 5.75 Å². The first kappa shape index (κ1) is 23.5. The van der Waals surface area contributed by atoms with E-state index < -0.39 is 11.9 Å². The summed E-state index contributed by atoms with van der Waals surface area (Å²) in [6, 6.07) is 11.9. The summed E-state index contributed by atoms with van der Waals surface area (Å²) in [6.45, 7) is 0.987. The molecule has 0 fully saturated rings. The largest absolute Gasteiger partial charge is 0.507 e. The number of aromatic hydroxyl groups is 1. The van der Waals surface area contributed by atoms with E-state index in [9.17, 15) is 14.7 Å². The molecule has 1 heterocycles. The SMILES string of the molecule is CN(C)CC/C=C1/c2ccccc2Sc2c(O)cc(Cl)cc21.O=C(O)/C=C/C(=O)O. The Morgan fingerprint density at radius 3 is 2.30 bits per heavy atom. The van der Waals surface area contributed by atoms with Crippen molar-refractivity contribution in [1.29, 1.82) is 0 Å². The van der Waals surface area contributed by atoms with Gasteiger partial charge in [0, 0.05) is 34.2 Å². The Bertz CT molecular complexity index is 985. The van der Waals surface area contributed by atoms with E-state index in [0.29, 0.717) is 17.2 Å². The topological polar surface area (TPSA) is 98.1 Å². The van der Waals surface area contributed by atoms with E-state index >= 15 is 0 Å². The van der Waals surface area contributed by atoms with Crippen LogP contribution in [-0.4, -0.2) is 52.8 Å². The maximum atomic E-state index is 10.3. The molecule has 6 nitrogen and oxygen atoms in total. The van der Waals surface area contributed by atoms with Crippen LogP contribution < -0.4 is 0 Å². The van der Waals surface area contributed by atoms with E-state index in [1.54, 1.807) is 17.8 Å². The van der Waals surface area contributed by atoms with E-state index in [4.69, 9.17) is 21.8 Å². The predicted octanol–water partition coefficient (Wildman–Crippen LogP) is 4.61. The van der Waals surface area contributed by atoms with Crippen LogP contribution in [0.4, 0.5) is 0 Å². The first-order valence-corrected chi connectivity index (χ1v) is 10.2. The molecule has 0 radical (unpaired) electrons. The summed E-state index contributed by atoms with van der Waals surface area (Å²) in [4.78, 5) is 23.3. The van der Waals surface area contributed by atoms with Crippen LogP contribution in [-0.2, 0) is 9.59 Å². The van der Waals surface area contributed by atoms with Crippen LogP contribution in [0, 0.1) is 0 Å². The second-order valence-corrected chi connectivity index (χ2v) is 8.11. The van der Waals surface area contributed by atoms with Gasteiger partial charge >= 0.3 is 11.9 Å². The fraction of sp³-hybridized carbons (Fsp3) is 0.182. The molecule has 0 unspecified atom stereocenters. The zero-order chi connectivity index (χ0) is 22.3. The van der Waals surface area contributed by atoms with Crippen molar-refractivity contribution in [2.24, 2.45) is 0 Å². The van der Waals surface area contributed by atoms with Crippen molar-refractivity contribution in [3.05, 3.63) is 70.8 Å². The quantitative estimate of drug-likeness (QED) is 0.491. The normalized spacial score (nSPS) is 13.5. The fourth-order valence-electron chi connectivity index (χ4n) is 2.75. The molecule has 158 valence electrons. The molecule has 0 saturated heterocycles. The second-order valence-electron chi connectivity index (χ2n) is 6.62. The number of carboxylic acids is 2. The number of nitrogens with zero attached hydrogens (tertiary/aromatic N) is 1. The Morgan fingerprint density at radius 1 is 1.07 bits per heavy atom. The molecular weight excluding hydrogens is 426 g/mol. The first-order chi connectivity index (χ1) is 14.2. The van der Waals surface area contributed by atoms with E-state index in [1.165, 1.54) is 10.5 Å². The number of hydrogen-bond acceptors (Lipinski definition) is 5. The molecule has 2 aromatic carbocycles. The highest BCUT2D eigenvalue weighted by Gasteiger charge is 2.23. The maximum absolute atomic E-state index is 10.3. The van der Waals surface area contributed by atoms with Gasteiger partial charge in [-0.25, -0.2) is 9.59 Å². The van der Waals surface area contributed by atoms with Gasteiger partial charge in [-0.15, -0.1) is 0 Å². The number of phenols is 1. The van der Waals surface area contributed by atoms with Crippen molar-refractivity contribution >= 4 is 40.9 Å². The van der Waals surface area contributed by atoms with E-state index in [1.807, 2.05) is 12.1 Å². The van der Waals surface area contributed by atoms with Gasteiger partial charge in [-0.1, -0.05) is 47.6 Å². The number of hydrogen-bond donors (Lipinski definition) is 3. The van der Waals surface area contributed by atoms with Gasteiger partial charge in [0.15, 0.2) is 0 Å². The Balaban J connectivity index is 0.000000343. The third kappa shape index (κ3) is 6.66. The van der Waals surface area contributed by atoms with Crippen LogP contribution in [0.15, 0.2) is 64.4 Å². The number of carboxylic acid groups (broad SMARTS) is 2. The molecule has 0 aliphatic carbocycles. The van der Waals surface area contributed by atoms with Crippen molar-refractivity contribution in [2.45, 2.75) is 16.2 Å². The fourth-order valence-corrected chi connectivity index (χ4v) is 4.06. The minimum Gasteiger partial charge on any atom is -0.507 e. The number of carbonyl (C=O) groups is 2. The molecular formula is C22H22ClNO5S. The summed E-state index contributed by atoms with van der Waals surface area (Å²) in [5.41, 5.74) is 3.39. The zero-order valence-electron chi connectivity index (χ0n) is 16.5. The highest BCUT2D eigenvalue weighted by Crippen LogP contribution is 2.49. The Morgan fingerprint density at radius 2 is 1.70 bits per heavy atom. The molecule has 3 N–H and O–H groups in total. The van der Waals surface area contributed by atoms with Crippen LogP contribution in [0.5, 0.6) is 5.75 Å². The van der Waals surface area contributed by atoms with Crippen LogP contribution in [0.1, 0.15) is 17.5 Å². The van der Waals surface area contributed by atoms with Gasteiger partial charge in [-0.2, -0.15) is 0 Å². The zero-order valence-corrected chi connectivity index (χ0v) is 18.1. The smallest absolute Gasteiger partial charge is 0.328 e. The number of benzene rings is 2. The lowest BCUT2D eigenvalue weighted by Crippen LogP contribution is -2.12. The molecule has 1 aliphatic heterocycles. The Hall–Kier alpha value is -2.74. The molecule has 8 heteroatoms. The van der Waals surface area contributed by atoms with Gasteiger partial charge in [0.05, 0.1) is 4.90 Å². The minimum atomic E-state index is -1.26. The lowest BCUT2D eigenvalue weighted by atomic mass is 9.95. The minimum absolute atomic E-state index is 0.250. The molecule has 2 aromatic rings. The molecule has 0 saturated carbocycles. The summed E-state index contributed by atoms with van der Waals surface area (Å²) in [7, 11) is 4.14. The average molecular weight is 448 g/mol. The molecule has 3 rings (SSSR count). The predicted molar refractivity (Wildman–Crippen MR) is 118 cm³/mol. The van der Waals surface area contributed by atoms with Crippen LogP contribution >= 0.6 is 23.4 Å². The van der Waals surface area contributed by atoms with Crippen molar-refractivity contribution in [1.82, 2.24) is 4.90 Å². The van der Waals surface area contributed by atoms with Gasteiger partial charge < -0.3 is 20.2 Å². The molecule has 0 spiro atoms. The maximum Gasteiger partial charge on any atom is 0.328 e. The van der Waals surface area contributed by atoms with Crippen LogP contribution in [0.3, 0.4) is 0 Å². The van der Waals surface area contributed by atoms with Gasteiger partial charge in [0.25, 0.3) is 0 Å². The van der Waals surface area contributed by atoms with Crippen molar-refractivity contribution in [2.75, 3.05) is 20.6 Å². The molecule has 0 amide bonds. The summed E-state index contributed by atoms with van der Waals surface area (Å²) in [5, 5.41) is 26.4. The molecule has 30 heavy (non-hydrogen) atoms. The Labute approximate surface area is 184 Å². The van der Waals surface area contributed by atoms with E-state index in [2.05, 4.69) is 43.3 Å². The second kappa shape index (κ2) is 10.9. The van der Waals surface area contributed by atoms with Crippen molar-refractivity contribution < 1.29 is 24.9 Å². The van der Waals surface area contributed by atoms with Crippen LogP contribution in [0.2, 0.25) is 5.02 Å². The first-order valence-electron chi connectivity index (χ1n) is 8.98. The van der Waals surface area contributed by atoms with Gasteiger partial charge in [0.1, 0.15) is 5.75 Å². The highest BCUT2D eigenvalue weighted by molar-refractivity contribution is 7.99. The number of halogens is 1. The lowest BCUT2D eigenvalue weighted by molar-refractivity contribution is -0.134. The van der Waals surface area contributed by atoms with Crippen molar-refractivity contribution in [3.63, 3.8) is 0 Å². The third-order valence-corrected chi connectivity index (χ3v) is 5.43. The number of fused-ring (bicyclic) bond motifs is 2. The standard InChI is InChI=1S/C18H18ClNOS.C4H4O4/c1-20(2)9-5-7-13-14-6-3-4-8-17(14)22-18-15(13)10-12(19)11-16(18)21;5-3(6)1-2-4(7)8/h3-4,6-8,10-11,21H,5,9H2,1-2H3;1-2H,(H,5,6)(H,7,8)/b13-7-;2-1+.